The lowest BCUT2D eigenvalue weighted by Gasteiger charge is -2.20. The molecule has 1 fully saturated rings. The molecule has 7 heteroatoms. The second kappa shape index (κ2) is 7.48. The number of hydrogen-bond acceptors (Lipinski definition) is 5. The Morgan fingerprint density at radius 2 is 2.08 bits per heavy atom. The molecule has 0 radical (unpaired) electrons. The van der Waals surface area contributed by atoms with Crippen molar-refractivity contribution in [2.45, 2.75) is 53.0 Å². The fourth-order valence-corrected chi connectivity index (χ4v) is 3.85. The third-order valence-electron chi connectivity index (χ3n) is 4.52. The molecule has 0 spiro atoms. The van der Waals surface area contributed by atoms with Crippen molar-refractivity contribution in [3.8, 4) is 0 Å². The molecule has 1 aliphatic heterocycles. The normalized spacial score (nSPS) is 16.0. The molecule has 1 N–H and O–H groups in total. The molecule has 26 heavy (non-hydrogen) atoms. The summed E-state index contributed by atoms with van der Waals surface area (Å²) in [5.74, 6) is -0.484. The van der Waals surface area contributed by atoms with Crippen LogP contribution in [-0.4, -0.2) is 28.9 Å². The second-order valence-corrected chi connectivity index (χ2v) is 9.14. The summed E-state index contributed by atoms with van der Waals surface area (Å²) in [5, 5.41) is 7.50. The number of rotatable bonds is 4. The number of nitrogens with zero attached hydrogens (tertiary/aromatic N) is 2. The number of ether oxygens (including phenoxy) is 1. The van der Waals surface area contributed by atoms with Crippen molar-refractivity contribution in [3.05, 3.63) is 33.4 Å². The lowest BCUT2D eigenvalue weighted by atomic mass is 9.96. The smallest absolute Gasteiger partial charge is 0.254 e. The third-order valence-corrected chi connectivity index (χ3v) is 5.52. The van der Waals surface area contributed by atoms with E-state index in [1.165, 1.54) is 9.56 Å². The van der Waals surface area contributed by atoms with Gasteiger partial charge in [-0.05, 0) is 31.9 Å². The van der Waals surface area contributed by atoms with Gasteiger partial charge in [-0.2, -0.15) is 9.78 Å². The van der Waals surface area contributed by atoms with Gasteiger partial charge in [-0.25, -0.2) is 4.39 Å². The second-order valence-electron chi connectivity index (χ2n) is 7.77. The minimum Gasteiger partial charge on any atom is -0.381 e. The zero-order chi connectivity index (χ0) is 18.9. The average molecular weight is 380 g/mol. The zero-order valence-electron chi connectivity index (χ0n) is 15.8. The summed E-state index contributed by atoms with van der Waals surface area (Å²) < 4.78 is 21.8. The highest BCUT2D eigenvalue weighted by Crippen LogP contribution is 2.33. The van der Waals surface area contributed by atoms with Gasteiger partial charge in [0.2, 0.25) is 0 Å². The molecule has 142 valence electrons. The Hall–Kier alpha value is -1.73. The van der Waals surface area contributed by atoms with E-state index in [-0.39, 0.29) is 17.6 Å². The van der Waals surface area contributed by atoms with Crippen molar-refractivity contribution >= 4 is 23.1 Å². The Kier molecular flexibility index (Phi) is 5.48. The van der Waals surface area contributed by atoms with Crippen LogP contribution in [0.5, 0.6) is 0 Å². The number of carbonyl (C=O) groups is 1. The number of aryl methyl sites for hydroxylation is 1. The molecular weight excluding hydrogens is 353 g/mol. The Bertz CT molecular complexity index is 785. The molecule has 0 amide bonds. The summed E-state index contributed by atoms with van der Waals surface area (Å²) in [6.45, 7) is 9.14. The predicted molar refractivity (Wildman–Crippen MR) is 101 cm³/mol. The first-order valence-corrected chi connectivity index (χ1v) is 9.79. The number of thiophene rings is 1. The summed E-state index contributed by atoms with van der Waals surface area (Å²) in [6, 6.07) is 4.04. The van der Waals surface area contributed by atoms with Crippen LogP contribution in [0.3, 0.4) is 0 Å². The highest BCUT2D eigenvalue weighted by atomic mass is 32.1. The van der Waals surface area contributed by atoms with Gasteiger partial charge in [0.05, 0.1) is 6.54 Å². The van der Waals surface area contributed by atoms with E-state index < -0.39 is 11.2 Å². The van der Waals surface area contributed by atoms with E-state index in [1.54, 1.807) is 11.3 Å². The lowest BCUT2D eigenvalue weighted by molar-refractivity contribution is 0.0745. The summed E-state index contributed by atoms with van der Waals surface area (Å²) in [5.41, 5.74) is -0.280. The minimum absolute atomic E-state index is 0.0118. The number of nitrogens with one attached hydrogen (secondary N) is 1. The molecule has 3 rings (SSSR count). The van der Waals surface area contributed by atoms with Gasteiger partial charge in [0, 0.05) is 34.3 Å². The van der Waals surface area contributed by atoms with E-state index in [1.807, 2.05) is 39.8 Å². The number of hydrogen-bond donors (Lipinski definition) is 1. The highest BCUT2D eigenvalue weighted by molar-refractivity contribution is 7.11. The highest BCUT2D eigenvalue weighted by Gasteiger charge is 2.32. The van der Waals surface area contributed by atoms with Gasteiger partial charge in [0.1, 0.15) is 5.69 Å². The van der Waals surface area contributed by atoms with Crippen LogP contribution >= 0.6 is 11.3 Å². The molecule has 2 aromatic rings. The van der Waals surface area contributed by atoms with Gasteiger partial charge in [-0.1, -0.05) is 20.8 Å². The molecule has 5 nitrogen and oxygen atoms in total. The molecule has 0 bridgehead atoms. The van der Waals surface area contributed by atoms with Crippen molar-refractivity contribution in [1.82, 2.24) is 9.78 Å². The standard InChI is InChI=1S/C19H26FN3O2S/c1-12-5-6-14(26-12)11-21-17-15(20)16(13-7-9-25-10-8-13)22-23(17)18(24)19(2,3)4/h5-6,13,21H,7-11H2,1-4H3. The number of carbonyl (C=O) groups excluding carboxylic acids is 1. The van der Waals surface area contributed by atoms with Crippen molar-refractivity contribution < 1.29 is 13.9 Å². The Labute approximate surface area is 157 Å². The molecule has 3 heterocycles. The van der Waals surface area contributed by atoms with Crippen LogP contribution in [0.25, 0.3) is 0 Å². The van der Waals surface area contributed by atoms with E-state index in [0.29, 0.717) is 25.5 Å². The first kappa shape index (κ1) is 19.0. The van der Waals surface area contributed by atoms with Gasteiger partial charge in [0.25, 0.3) is 5.91 Å². The Balaban J connectivity index is 1.93. The molecule has 0 atom stereocenters. The topological polar surface area (TPSA) is 56.1 Å². The minimum atomic E-state index is -0.651. The molecule has 1 aliphatic rings. The quantitative estimate of drug-likeness (QED) is 0.844. The van der Waals surface area contributed by atoms with Crippen LogP contribution in [0.1, 0.15) is 59.8 Å². The first-order chi connectivity index (χ1) is 12.3. The summed E-state index contributed by atoms with van der Waals surface area (Å²) in [4.78, 5) is 15.1. The lowest BCUT2D eigenvalue weighted by Crippen LogP contribution is -2.29. The predicted octanol–water partition coefficient (Wildman–Crippen LogP) is 4.58. The van der Waals surface area contributed by atoms with E-state index in [9.17, 15) is 4.79 Å². The number of aromatic nitrogens is 2. The Morgan fingerprint density at radius 1 is 1.38 bits per heavy atom. The van der Waals surface area contributed by atoms with E-state index in [0.717, 1.165) is 17.7 Å². The van der Waals surface area contributed by atoms with Gasteiger partial charge < -0.3 is 10.1 Å². The van der Waals surface area contributed by atoms with Gasteiger partial charge in [-0.3, -0.25) is 4.79 Å². The van der Waals surface area contributed by atoms with E-state index in [4.69, 9.17) is 4.74 Å². The molecule has 0 aromatic carbocycles. The SMILES string of the molecule is Cc1ccc(CNc2c(F)c(C3CCOCC3)nn2C(=O)C(C)(C)C)s1. The van der Waals surface area contributed by atoms with Gasteiger partial charge >= 0.3 is 0 Å². The summed E-state index contributed by atoms with van der Waals surface area (Å²) >= 11 is 1.65. The Morgan fingerprint density at radius 3 is 2.65 bits per heavy atom. The van der Waals surface area contributed by atoms with Gasteiger partial charge in [0.15, 0.2) is 11.6 Å². The van der Waals surface area contributed by atoms with Crippen molar-refractivity contribution in [3.63, 3.8) is 0 Å². The molecule has 0 aliphatic carbocycles. The first-order valence-electron chi connectivity index (χ1n) is 8.97. The number of halogens is 1. The van der Waals surface area contributed by atoms with Crippen LogP contribution in [0.15, 0.2) is 12.1 Å². The fourth-order valence-electron chi connectivity index (χ4n) is 3.02. The van der Waals surface area contributed by atoms with Crippen LogP contribution in [0.2, 0.25) is 0 Å². The molecule has 2 aromatic heterocycles. The fraction of sp³-hybridized carbons (Fsp3) is 0.579. The molecule has 1 saturated heterocycles. The van der Waals surface area contributed by atoms with E-state index in [2.05, 4.69) is 10.4 Å². The van der Waals surface area contributed by atoms with Crippen molar-refractivity contribution in [2.75, 3.05) is 18.5 Å². The van der Waals surface area contributed by atoms with Crippen LogP contribution in [0, 0.1) is 18.2 Å². The van der Waals surface area contributed by atoms with Crippen LogP contribution in [0.4, 0.5) is 10.2 Å². The maximum absolute atomic E-state index is 15.2. The summed E-state index contributed by atoms with van der Waals surface area (Å²) in [7, 11) is 0. The molecule has 0 saturated carbocycles. The maximum atomic E-state index is 15.2. The van der Waals surface area contributed by atoms with Crippen molar-refractivity contribution in [2.24, 2.45) is 5.41 Å². The van der Waals surface area contributed by atoms with Gasteiger partial charge in [-0.15, -0.1) is 11.3 Å². The third kappa shape index (κ3) is 3.99. The molecular formula is C19H26FN3O2S. The maximum Gasteiger partial charge on any atom is 0.254 e. The summed E-state index contributed by atoms with van der Waals surface area (Å²) in [6.07, 6.45) is 1.45. The average Bonchev–Trinajstić information content (AvgIpc) is 3.15. The zero-order valence-corrected chi connectivity index (χ0v) is 16.6. The molecule has 0 unspecified atom stereocenters. The largest absolute Gasteiger partial charge is 0.381 e. The van der Waals surface area contributed by atoms with Crippen LogP contribution in [-0.2, 0) is 11.3 Å². The van der Waals surface area contributed by atoms with E-state index >= 15 is 4.39 Å². The van der Waals surface area contributed by atoms with Crippen LogP contribution < -0.4 is 5.32 Å². The number of anilines is 1. The van der Waals surface area contributed by atoms with Crippen molar-refractivity contribution in [1.29, 1.82) is 0 Å². The monoisotopic (exact) mass is 379 g/mol.